The van der Waals surface area contributed by atoms with Gasteiger partial charge in [0.1, 0.15) is 11.6 Å². The van der Waals surface area contributed by atoms with E-state index in [-0.39, 0.29) is 29.8 Å². The maximum absolute atomic E-state index is 12.8. The fourth-order valence-corrected chi connectivity index (χ4v) is 2.70. The van der Waals surface area contributed by atoms with Crippen molar-refractivity contribution < 1.29 is 13.9 Å². The predicted octanol–water partition coefficient (Wildman–Crippen LogP) is 2.49. The average molecular weight is 494 g/mol. The van der Waals surface area contributed by atoms with Crippen LogP contribution in [-0.4, -0.2) is 69.4 Å². The van der Waals surface area contributed by atoms with Crippen molar-refractivity contribution in [1.82, 2.24) is 15.5 Å². The van der Waals surface area contributed by atoms with Crippen LogP contribution in [-0.2, 0) is 4.74 Å². The third-order valence-corrected chi connectivity index (χ3v) is 4.22. The van der Waals surface area contributed by atoms with Crippen molar-refractivity contribution in [2.45, 2.75) is 26.3 Å². The minimum Gasteiger partial charge on any atom is -0.494 e. The Labute approximate surface area is 178 Å². The Morgan fingerprint density at radius 1 is 1.26 bits per heavy atom. The van der Waals surface area contributed by atoms with Crippen molar-refractivity contribution >= 4 is 29.9 Å². The van der Waals surface area contributed by atoms with Crippen LogP contribution in [0.3, 0.4) is 0 Å². The molecular formula is C19H32FIN4O2. The molecule has 8 heteroatoms. The smallest absolute Gasteiger partial charge is 0.191 e. The summed E-state index contributed by atoms with van der Waals surface area (Å²) in [7, 11) is 0. The first-order chi connectivity index (χ1) is 12.7. The molecule has 27 heavy (non-hydrogen) atoms. The van der Waals surface area contributed by atoms with Crippen LogP contribution >= 0.6 is 24.0 Å². The van der Waals surface area contributed by atoms with E-state index < -0.39 is 0 Å². The number of nitrogens with zero attached hydrogens (tertiary/aromatic N) is 2. The van der Waals surface area contributed by atoms with E-state index in [4.69, 9.17) is 9.47 Å². The minimum absolute atomic E-state index is 0. The van der Waals surface area contributed by atoms with E-state index in [9.17, 15) is 4.39 Å². The van der Waals surface area contributed by atoms with Crippen molar-refractivity contribution in [3.8, 4) is 5.75 Å². The lowest BCUT2D eigenvalue weighted by Gasteiger charge is -2.31. The second-order valence-corrected chi connectivity index (χ2v) is 6.30. The maximum Gasteiger partial charge on any atom is 0.191 e. The summed E-state index contributed by atoms with van der Waals surface area (Å²) >= 11 is 0. The number of hydrogen-bond donors (Lipinski definition) is 2. The van der Waals surface area contributed by atoms with Crippen LogP contribution in [0.2, 0.25) is 0 Å². The van der Waals surface area contributed by atoms with Crippen LogP contribution < -0.4 is 15.4 Å². The SMILES string of the molecule is CCNC(=NCC(C)N1CCOCC1)NCCCOc1ccc(F)cc1.I. The molecule has 0 bridgehead atoms. The molecule has 1 saturated heterocycles. The van der Waals surface area contributed by atoms with E-state index in [2.05, 4.69) is 34.4 Å². The Morgan fingerprint density at radius 3 is 2.63 bits per heavy atom. The topological polar surface area (TPSA) is 58.1 Å². The third-order valence-electron chi connectivity index (χ3n) is 4.22. The summed E-state index contributed by atoms with van der Waals surface area (Å²) in [6, 6.07) is 6.48. The number of nitrogens with one attached hydrogen (secondary N) is 2. The molecule has 0 aliphatic carbocycles. The molecule has 1 unspecified atom stereocenters. The summed E-state index contributed by atoms with van der Waals surface area (Å²) in [5.74, 6) is 1.26. The van der Waals surface area contributed by atoms with Crippen LogP contribution in [0.25, 0.3) is 0 Å². The van der Waals surface area contributed by atoms with Gasteiger partial charge in [-0.25, -0.2) is 4.39 Å². The van der Waals surface area contributed by atoms with Gasteiger partial charge in [-0.05, 0) is 44.5 Å². The van der Waals surface area contributed by atoms with Crippen molar-refractivity contribution in [3.63, 3.8) is 0 Å². The molecule has 154 valence electrons. The Kier molecular flexibility index (Phi) is 12.4. The number of halogens is 2. The number of rotatable bonds is 9. The Hall–Kier alpha value is -1.13. The fraction of sp³-hybridized carbons (Fsp3) is 0.632. The van der Waals surface area contributed by atoms with Crippen molar-refractivity contribution in [2.75, 3.05) is 52.5 Å². The molecule has 1 aromatic carbocycles. The number of benzene rings is 1. The van der Waals surface area contributed by atoms with E-state index in [1.807, 2.05) is 0 Å². The second kappa shape index (κ2) is 14.0. The van der Waals surface area contributed by atoms with Crippen LogP contribution in [0, 0.1) is 5.82 Å². The minimum atomic E-state index is -0.253. The van der Waals surface area contributed by atoms with Crippen LogP contribution in [0.4, 0.5) is 4.39 Å². The summed E-state index contributed by atoms with van der Waals surface area (Å²) in [6.45, 7) is 10.7. The zero-order valence-electron chi connectivity index (χ0n) is 16.2. The predicted molar refractivity (Wildman–Crippen MR) is 118 cm³/mol. The lowest BCUT2D eigenvalue weighted by molar-refractivity contribution is 0.0220. The number of ether oxygens (including phenoxy) is 2. The summed E-state index contributed by atoms with van der Waals surface area (Å²) in [5, 5.41) is 6.60. The molecule has 2 N–H and O–H groups in total. The molecule has 2 rings (SSSR count). The highest BCUT2D eigenvalue weighted by Gasteiger charge is 2.16. The highest BCUT2D eigenvalue weighted by molar-refractivity contribution is 14.0. The van der Waals surface area contributed by atoms with Crippen LogP contribution in [0.1, 0.15) is 20.3 Å². The molecule has 0 aromatic heterocycles. The van der Waals surface area contributed by atoms with Gasteiger partial charge < -0.3 is 20.1 Å². The van der Waals surface area contributed by atoms with Crippen LogP contribution in [0.15, 0.2) is 29.3 Å². The Morgan fingerprint density at radius 2 is 1.96 bits per heavy atom. The molecule has 0 saturated carbocycles. The summed E-state index contributed by atoms with van der Waals surface area (Å²) < 4.78 is 23.8. The highest BCUT2D eigenvalue weighted by Crippen LogP contribution is 2.11. The van der Waals surface area contributed by atoms with Gasteiger partial charge in [0.25, 0.3) is 0 Å². The van der Waals surface area contributed by atoms with Gasteiger partial charge in [-0.1, -0.05) is 0 Å². The van der Waals surface area contributed by atoms with Crippen molar-refractivity contribution in [2.24, 2.45) is 4.99 Å². The van der Waals surface area contributed by atoms with E-state index in [1.54, 1.807) is 12.1 Å². The molecular weight excluding hydrogens is 462 g/mol. The lowest BCUT2D eigenvalue weighted by atomic mass is 10.2. The lowest BCUT2D eigenvalue weighted by Crippen LogP contribution is -2.44. The number of hydrogen-bond acceptors (Lipinski definition) is 4. The zero-order chi connectivity index (χ0) is 18.6. The molecule has 1 atom stereocenters. The molecule has 0 radical (unpaired) electrons. The van der Waals surface area contributed by atoms with Gasteiger partial charge in [-0.15, -0.1) is 24.0 Å². The fourth-order valence-electron chi connectivity index (χ4n) is 2.70. The molecule has 0 amide bonds. The first-order valence-corrected chi connectivity index (χ1v) is 9.41. The maximum atomic E-state index is 12.8. The van der Waals surface area contributed by atoms with Gasteiger partial charge >= 0.3 is 0 Å². The summed E-state index contributed by atoms with van der Waals surface area (Å²) in [4.78, 5) is 7.09. The molecule has 6 nitrogen and oxygen atoms in total. The number of aliphatic imine (C=N–C) groups is 1. The molecule has 0 spiro atoms. The van der Waals surface area contributed by atoms with Gasteiger partial charge in [0.15, 0.2) is 5.96 Å². The summed E-state index contributed by atoms with van der Waals surface area (Å²) in [6.07, 6.45) is 0.834. The van der Waals surface area contributed by atoms with E-state index in [0.29, 0.717) is 18.4 Å². The number of morpholine rings is 1. The second-order valence-electron chi connectivity index (χ2n) is 6.30. The van der Waals surface area contributed by atoms with E-state index >= 15 is 0 Å². The molecule has 1 aliphatic rings. The van der Waals surface area contributed by atoms with Gasteiger partial charge in [-0.3, -0.25) is 9.89 Å². The van der Waals surface area contributed by atoms with Gasteiger partial charge in [0, 0.05) is 32.2 Å². The zero-order valence-corrected chi connectivity index (χ0v) is 18.6. The monoisotopic (exact) mass is 494 g/mol. The average Bonchev–Trinajstić information content (AvgIpc) is 2.67. The molecule has 1 fully saturated rings. The van der Waals surface area contributed by atoms with E-state index in [0.717, 1.165) is 58.3 Å². The first-order valence-electron chi connectivity index (χ1n) is 9.41. The van der Waals surface area contributed by atoms with E-state index in [1.165, 1.54) is 12.1 Å². The summed E-state index contributed by atoms with van der Waals surface area (Å²) in [5.41, 5.74) is 0. The normalized spacial score (nSPS) is 16.3. The van der Waals surface area contributed by atoms with Gasteiger partial charge in [-0.2, -0.15) is 0 Å². The van der Waals surface area contributed by atoms with Crippen molar-refractivity contribution in [1.29, 1.82) is 0 Å². The Bertz CT molecular complexity index is 539. The Balaban J connectivity index is 0.00000364. The standard InChI is InChI=1S/C19H31FN4O2.HI/c1-3-21-19(23-15-16(2)24-10-13-25-14-11-24)22-9-4-12-26-18-7-5-17(20)6-8-18;/h5-8,16H,3-4,9-15H2,1-2H3,(H2,21,22,23);1H. The molecule has 1 heterocycles. The number of guanidine groups is 1. The van der Waals surface area contributed by atoms with Crippen LogP contribution in [0.5, 0.6) is 5.75 Å². The van der Waals surface area contributed by atoms with Gasteiger partial charge in [0.2, 0.25) is 0 Å². The quantitative estimate of drug-likeness (QED) is 0.239. The largest absolute Gasteiger partial charge is 0.494 e. The highest BCUT2D eigenvalue weighted by atomic mass is 127. The third kappa shape index (κ3) is 9.57. The molecule has 1 aliphatic heterocycles. The van der Waals surface area contributed by atoms with Gasteiger partial charge in [0.05, 0.1) is 26.4 Å². The first kappa shape index (κ1) is 23.9. The van der Waals surface area contributed by atoms with Crippen molar-refractivity contribution in [3.05, 3.63) is 30.1 Å². The molecule has 1 aromatic rings.